The lowest BCUT2D eigenvalue weighted by Crippen LogP contribution is -2.60. The quantitative estimate of drug-likeness (QED) is 0.714. The van der Waals surface area contributed by atoms with Crippen molar-refractivity contribution in [2.24, 2.45) is 17.6 Å². The van der Waals surface area contributed by atoms with Crippen molar-refractivity contribution >= 4 is 0 Å². The van der Waals surface area contributed by atoms with Crippen LogP contribution in [0.15, 0.2) is 0 Å². The van der Waals surface area contributed by atoms with Gasteiger partial charge in [0.1, 0.15) is 0 Å². The standard InChI is InChI=1S/C16H36N2/c1-9-15(6,7)18(8)16(12-17,10-13(2)3)11-14(4)5/h13-14H,9-12,17H2,1-8H3. The molecule has 0 rings (SSSR count). The lowest BCUT2D eigenvalue weighted by molar-refractivity contribution is -0.00366. The van der Waals surface area contributed by atoms with E-state index in [2.05, 4.69) is 60.4 Å². The van der Waals surface area contributed by atoms with Crippen LogP contribution in [0.1, 0.15) is 67.7 Å². The Kier molecular flexibility index (Phi) is 6.87. The Morgan fingerprint density at radius 2 is 1.39 bits per heavy atom. The van der Waals surface area contributed by atoms with Crippen molar-refractivity contribution in [1.29, 1.82) is 0 Å². The van der Waals surface area contributed by atoms with Crippen molar-refractivity contribution < 1.29 is 0 Å². The minimum Gasteiger partial charge on any atom is -0.329 e. The van der Waals surface area contributed by atoms with Gasteiger partial charge in [0, 0.05) is 17.6 Å². The van der Waals surface area contributed by atoms with E-state index in [0.717, 1.165) is 13.0 Å². The molecule has 0 bridgehead atoms. The minimum atomic E-state index is 0.141. The van der Waals surface area contributed by atoms with Crippen molar-refractivity contribution in [2.75, 3.05) is 13.6 Å². The summed E-state index contributed by atoms with van der Waals surface area (Å²) in [6, 6.07) is 0. The molecule has 0 aliphatic rings. The molecule has 0 radical (unpaired) electrons. The normalized spacial score (nSPS) is 14.0. The molecule has 2 N–H and O–H groups in total. The van der Waals surface area contributed by atoms with Crippen molar-refractivity contribution in [3.8, 4) is 0 Å². The van der Waals surface area contributed by atoms with Crippen LogP contribution in [0.4, 0.5) is 0 Å². The molecule has 2 nitrogen and oxygen atoms in total. The fourth-order valence-corrected chi connectivity index (χ4v) is 3.06. The van der Waals surface area contributed by atoms with E-state index in [1.54, 1.807) is 0 Å². The highest BCUT2D eigenvalue weighted by molar-refractivity contribution is 4.97. The van der Waals surface area contributed by atoms with Gasteiger partial charge in [-0.2, -0.15) is 0 Å². The highest BCUT2D eigenvalue weighted by atomic mass is 15.2. The first kappa shape index (κ1) is 17.9. The fraction of sp³-hybridized carbons (Fsp3) is 1.00. The molecule has 0 heterocycles. The van der Waals surface area contributed by atoms with E-state index in [9.17, 15) is 0 Å². The van der Waals surface area contributed by atoms with Gasteiger partial charge in [-0.05, 0) is 52.0 Å². The van der Waals surface area contributed by atoms with E-state index in [1.807, 2.05) is 0 Å². The van der Waals surface area contributed by atoms with Gasteiger partial charge in [-0.15, -0.1) is 0 Å². The third-order valence-electron chi connectivity index (χ3n) is 4.44. The van der Waals surface area contributed by atoms with Crippen LogP contribution >= 0.6 is 0 Å². The summed E-state index contributed by atoms with van der Waals surface area (Å²) in [6.07, 6.45) is 3.52. The fourth-order valence-electron chi connectivity index (χ4n) is 3.06. The predicted octanol–water partition coefficient (Wildman–Crippen LogP) is 3.90. The Balaban J connectivity index is 5.27. The average molecular weight is 256 g/mol. The van der Waals surface area contributed by atoms with Gasteiger partial charge < -0.3 is 5.73 Å². The van der Waals surface area contributed by atoms with Gasteiger partial charge in [0.05, 0.1) is 0 Å². The molecule has 110 valence electrons. The molecule has 0 aliphatic heterocycles. The summed E-state index contributed by atoms with van der Waals surface area (Å²) in [4.78, 5) is 2.56. The topological polar surface area (TPSA) is 29.3 Å². The van der Waals surface area contributed by atoms with E-state index in [0.29, 0.717) is 11.8 Å². The van der Waals surface area contributed by atoms with Gasteiger partial charge in [-0.25, -0.2) is 0 Å². The number of rotatable bonds is 8. The molecule has 0 saturated heterocycles. The third-order valence-corrected chi connectivity index (χ3v) is 4.44. The first-order chi connectivity index (χ1) is 8.11. The predicted molar refractivity (Wildman–Crippen MR) is 82.8 cm³/mol. The van der Waals surface area contributed by atoms with Crippen LogP contribution in [0.5, 0.6) is 0 Å². The Hall–Kier alpha value is -0.0800. The van der Waals surface area contributed by atoms with Gasteiger partial charge in [-0.1, -0.05) is 34.6 Å². The van der Waals surface area contributed by atoms with Crippen LogP contribution in [-0.2, 0) is 0 Å². The smallest absolute Gasteiger partial charge is 0.0338 e. The van der Waals surface area contributed by atoms with Crippen LogP contribution in [0.2, 0.25) is 0 Å². The maximum absolute atomic E-state index is 6.21. The molecule has 0 amide bonds. The maximum Gasteiger partial charge on any atom is 0.0338 e. The first-order valence-electron chi connectivity index (χ1n) is 7.55. The van der Waals surface area contributed by atoms with Crippen LogP contribution in [0.3, 0.4) is 0 Å². The Morgan fingerprint density at radius 3 is 1.61 bits per heavy atom. The summed E-state index contributed by atoms with van der Waals surface area (Å²) in [6.45, 7) is 16.9. The summed E-state index contributed by atoms with van der Waals surface area (Å²) in [5.41, 5.74) is 6.57. The van der Waals surface area contributed by atoms with Crippen LogP contribution < -0.4 is 5.73 Å². The highest BCUT2D eigenvalue weighted by Gasteiger charge is 2.40. The zero-order valence-electron chi connectivity index (χ0n) is 14.0. The lowest BCUT2D eigenvalue weighted by Gasteiger charge is -2.51. The molecule has 18 heavy (non-hydrogen) atoms. The van der Waals surface area contributed by atoms with Gasteiger partial charge >= 0.3 is 0 Å². The molecule has 0 fully saturated rings. The molecule has 0 atom stereocenters. The number of nitrogens with zero attached hydrogens (tertiary/aromatic N) is 1. The summed E-state index contributed by atoms with van der Waals surface area (Å²) in [5, 5.41) is 0. The SMILES string of the molecule is CCC(C)(C)N(C)C(CN)(CC(C)C)CC(C)C. The lowest BCUT2D eigenvalue weighted by atomic mass is 9.78. The molecule has 0 spiro atoms. The van der Waals surface area contributed by atoms with Crippen molar-refractivity contribution in [3.05, 3.63) is 0 Å². The summed E-state index contributed by atoms with van der Waals surface area (Å²) >= 11 is 0. The number of hydrogen-bond acceptors (Lipinski definition) is 2. The molecule has 0 aliphatic carbocycles. The second-order valence-electron chi connectivity index (χ2n) is 7.35. The molecule has 0 saturated carbocycles. The van der Waals surface area contributed by atoms with Crippen molar-refractivity contribution in [2.45, 2.75) is 78.8 Å². The van der Waals surface area contributed by atoms with Gasteiger partial charge in [0.2, 0.25) is 0 Å². The molecular formula is C16H36N2. The molecule has 2 heteroatoms. The van der Waals surface area contributed by atoms with E-state index >= 15 is 0 Å². The summed E-state index contributed by atoms with van der Waals surface area (Å²) in [5.74, 6) is 1.37. The number of likely N-dealkylation sites (N-methyl/N-ethyl adjacent to an activating group) is 1. The van der Waals surface area contributed by atoms with Crippen LogP contribution in [0.25, 0.3) is 0 Å². The summed E-state index contributed by atoms with van der Waals surface area (Å²) in [7, 11) is 2.26. The van der Waals surface area contributed by atoms with E-state index < -0.39 is 0 Å². The van der Waals surface area contributed by atoms with Crippen LogP contribution in [0, 0.1) is 11.8 Å². The molecular weight excluding hydrogens is 220 g/mol. The monoisotopic (exact) mass is 256 g/mol. The second-order valence-corrected chi connectivity index (χ2v) is 7.35. The van der Waals surface area contributed by atoms with Gasteiger partial charge in [0.15, 0.2) is 0 Å². The van der Waals surface area contributed by atoms with E-state index in [4.69, 9.17) is 5.73 Å². The van der Waals surface area contributed by atoms with Crippen LogP contribution in [-0.4, -0.2) is 29.6 Å². The van der Waals surface area contributed by atoms with Crippen molar-refractivity contribution in [3.63, 3.8) is 0 Å². The largest absolute Gasteiger partial charge is 0.329 e. The maximum atomic E-state index is 6.21. The molecule has 0 aromatic rings. The van der Waals surface area contributed by atoms with Crippen molar-refractivity contribution in [1.82, 2.24) is 4.90 Å². The first-order valence-corrected chi connectivity index (χ1v) is 7.55. The molecule has 0 unspecified atom stereocenters. The Bertz CT molecular complexity index is 221. The Labute approximate surface area is 115 Å². The molecule has 0 aromatic heterocycles. The van der Waals surface area contributed by atoms with Gasteiger partial charge in [0.25, 0.3) is 0 Å². The zero-order chi connectivity index (χ0) is 14.6. The third kappa shape index (κ3) is 4.55. The number of hydrogen-bond donors (Lipinski definition) is 1. The second kappa shape index (κ2) is 6.91. The molecule has 0 aromatic carbocycles. The van der Waals surface area contributed by atoms with E-state index in [-0.39, 0.29) is 11.1 Å². The van der Waals surface area contributed by atoms with E-state index in [1.165, 1.54) is 12.8 Å². The summed E-state index contributed by atoms with van der Waals surface area (Å²) < 4.78 is 0. The van der Waals surface area contributed by atoms with Gasteiger partial charge in [-0.3, -0.25) is 4.90 Å². The Morgan fingerprint density at radius 1 is 1.00 bits per heavy atom. The highest BCUT2D eigenvalue weighted by Crippen LogP contribution is 2.35. The number of nitrogens with two attached hydrogens (primary N) is 1. The average Bonchev–Trinajstić information content (AvgIpc) is 2.25. The zero-order valence-corrected chi connectivity index (χ0v) is 14.0. The minimum absolute atomic E-state index is 0.141.